The molecule has 0 radical (unpaired) electrons. The monoisotopic (exact) mass is 229 g/mol. The first-order chi connectivity index (χ1) is 7.41. The van der Waals surface area contributed by atoms with E-state index in [-0.39, 0.29) is 5.60 Å². The van der Waals surface area contributed by atoms with Gasteiger partial charge in [0.05, 0.1) is 11.2 Å². The van der Waals surface area contributed by atoms with E-state index >= 15 is 0 Å². The molecule has 0 amide bonds. The van der Waals surface area contributed by atoms with Crippen LogP contribution in [0.3, 0.4) is 0 Å². The Labute approximate surface area is 99.6 Å². The lowest BCUT2D eigenvalue weighted by Gasteiger charge is -2.41. The van der Waals surface area contributed by atoms with Crippen molar-refractivity contribution in [2.45, 2.75) is 70.6 Å². The summed E-state index contributed by atoms with van der Waals surface area (Å²) < 4.78 is 5.92. The molecule has 0 saturated carbocycles. The summed E-state index contributed by atoms with van der Waals surface area (Å²) in [5.41, 5.74) is -0.561. The molecule has 96 valence electrons. The van der Waals surface area contributed by atoms with Gasteiger partial charge in [-0.2, -0.15) is 0 Å². The van der Waals surface area contributed by atoms with Gasteiger partial charge in [-0.15, -0.1) is 0 Å². The van der Waals surface area contributed by atoms with E-state index in [1.807, 2.05) is 13.8 Å². The van der Waals surface area contributed by atoms with Crippen molar-refractivity contribution in [1.82, 2.24) is 5.32 Å². The van der Waals surface area contributed by atoms with E-state index in [1.165, 1.54) is 0 Å². The van der Waals surface area contributed by atoms with Crippen LogP contribution in [0.15, 0.2) is 0 Å². The van der Waals surface area contributed by atoms with Gasteiger partial charge in [0, 0.05) is 19.2 Å². The number of rotatable bonds is 5. The van der Waals surface area contributed by atoms with Crippen LogP contribution in [0, 0.1) is 0 Å². The van der Waals surface area contributed by atoms with Gasteiger partial charge < -0.3 is 15.2 Å². The van der Waals surface area contributed by atoms with Crippen molar-refractivity contribution in [3.63, 3.8) is 0 Å². The normalized spacial score (nSPS) is 25.7. The molecule has 1 fully saturated rings. The van der Waals surface area contributed by atoms with Gasteiger partial charge in [0.1, 0.15) is 0 Å². The van der Waals surface area contributed by atoms with E-state index < -0.39 is 5.60 Å². The summed E-state index contributed by atoms with van der Waals surface area (Å²) in [4.78, 5) is 0. The summed E-state index contributed by atoms with van der Waals surface area (Å²) in [7, 11) is 0. The third kappa shape index (κ3) is 4.04. The van der Waals surface area contributed by atoms with E-state index in [2.05, 4.69) is 19.2 Å². The van der Waals surface area contributed by atoms with Gasteiger partial charge in [-0.3, -0.25) is 0 Å². The molecule has 0 bridgehead atoms. The zero-order valence-electron chi connectivity index (χ0n) is 11.2. The molecular weight excluding hydrogens is 202 g/mol. The maximum absolute atomic E-state index is 9.70. The van der Waals surface area contributed by atoms with Crippen LogP contribution >= 0.6 is 0 Å². The van der Waals surface area contributed by atoms with Crippen molar-refractivity contribution in [3.8, 4) is 0 Å². The average molecular weight is 229 g/mol. The fourth-order valence-electron chi connectivity index (χ4n) is 2.34. The Morgan fingerprint density at radius 2 is 2.00 bits per heavy atom. The second-order valence-electron chi connectivity index (χ2n) is 5.62. The average Bonchev–Trinajstić information content (AvgIpc) is 2.26. The fourth-order valence-corrected chi connectivity index (χ4v) is 2.34. The maximum atomic E-state index is 9.70. The van der Waals surface area contributed by atoms with E-state index in [0.717, 1.165) is 32.3 Å². The molecule has 1 unspecified atom stereocenters. The van der Waals surface area contributed by atoms with Crippen molar-refractivity contribution in [2.24, 2.45) is 0 Å². The first-order valence-electron chi connectivity index (χ1n) is 6.50. The van der Waals surface area contributed by atoms with Crippen LogP contribution in [0.25, 0.3) is 0 Å². The van der Waals surface area contributed by atoms with Gasteiger partial charge in [0.25, 0.3) is 0 Å². The molecule has 1 atom stereocenters. The van der Waals surface area contributed by atoms with Gasteiger partial charge >= 0.3 is 0 Å². The Morgan fingerprint density at radius 1 is 1.38 bits per heavy atom. The Balaban J connectivity index is 2.44. The zero-order chi connectivity index (χ0) is 12.2. The number of aliphatic hydroxyl groups is 1. The van der Waals surface area contributed by atoms with Gasteiger partial charge in [-0.1, -0.05) is 13.8 Å². The number of ether oxygens (including phenoxy) is 1. The molecule has 0 spiro atoms. The molecule has 1 saturated heterocycles. The van der Waals surface area contributed by atoms with E-state index in [0.29, 0.717) is 12.6 Å². The second-order valence-corrected chi connectivity index (χ2v) is 5.62. The summed E-state index contributed by atoms with van der Waals surface area (Å²) in [6.07, 6.45) is 4.27. The van der Waals surface area contributed by atoms with Crippen molar-refractivity contribution in [2.75, 3.05) is 13.2 Å². The minimum Gasteiger partial charge on any atom is -0.389 e. The maximum Gasteiger partial charge on any atom is 0.0715 e. The number of nitrogens with one attached hydrogen (secondary N) is 1. The van der Waals surface area contributed by atoms with E-state index in [9.17, 15) is 5.11 Å². The molecule has 0 aliphatic carbocycles. The largest absolute Gasteiger partial charge is 0.389 e. The lowest BCUT2D eigenvalue weighted by molar-refractivity contribution is -0.0946. The van der Waals surface area contributed by atoms with Crippen molar-refractivity contribution in [3.05, 3.63) is 0 Å². The topological polar surface area (TPSA) is 41.5 Å². The molecule has 1 heterocycles. The number of hydrogen-bond donors (Lipinski definition) is 2. The molecule has 1 aliphatic rings. The lowest BCUT2D eigenvalue weighted by Crippen LogP contribution is -2.49. The van der Waals surface area contributed by atoms with Crippen LogP contribution in [0.2, 0.25) is 0 Å². The summed E-state index contributed by atoms with van der Waals surface area (Å²) in [5, 5.41) is 13.2. The van der Waals surface area contributed by atoms with Crippen molar-refractivity contribution >= 4 is 0 Å². The van der Waals surface area contributed by atoms with Crippen LogP contribution in [-0.4, -0.2) is 35.5 Å². The summed E-state index contributed by atoms with van der Waals surface area (Å²) >= 11 is 0. The lowest BCUT2D eigenvalue weighted by atomic mass is 9.85. The third-order valence-electron chi connectivity index (χ3n) is 3.60. The molecule has 1 aliphatic heterocycles. The molecule has 1 rings (SSSR count). The van der Waals surface area contributed by atoms with Gasteiger partial charge in [0.2, 0.25) is 0 Å². The Bertz CT molecular complexity index is 206. The van der Waals surface area contributed by atoms with Crippen LogP contribution in [0.4, 0.5) is 0 Å². The van der Waals surface area contributed by atoms with E-state index in [1.54, 1.807) is 0 Å². The van der Waals surface area contributed by atoms with Crippen LogP contribution in [0.1, 0.15) is 53.4 Å². The van der Waals surface area contributed by atoms with E-state index in [4.69, 9.17) is 4.74 Å². The molecule has 3 nitrogen and oxygen atoms in total. The molecule has 0 aromatic rings. The molecule has 0 aromatic heterocycles. The van der Waals surface area contributed by atoms with Crippen LogP contribution in [-0.2, 0) is 4.74 Å². The predicted molar refractivity (Wildman–Crippen MR) is 66.6 cm³/mol. The van der Waals surface area contributed by atoms with Crippen LogP contribution in [0.5, 0.6) is 0 Å². The SMILES string of the molecule is CCC1(CC)CC(NCC(C)(C)O)CCO1. The molecule has 2 N–H and O–H groups in total. The minimum atomic E-state index is -0.626. The highest BCUT2D eigenvalue weighted by atomic mass is 16.5. The van der Waals surface area contributed by atoms with Gasteiger partial charge in [-0.05, 0) is 39.5 Å². The number of hydrogen-bond acceptors (Lipinski definition) is 3. The van der Waals surface area contributed by atoms with Gasteiger partial charge in [0.15, 0.2) is 0 Å². The predicted octanol–water partition coefficient (Wildman–Crippen LogP) is 2.08. The Hall–Kier alpha value is -0.120. The van der Waals surface area contributed by atoms with Crippen molar-refractivity contribution < 1.29 is 9.84 Å². The Kier molecular flexibility index (Phi) is 4.77. The Morgan fingerprint density at radius 3 is 2.50 bits per heavy atom. The molecular formula is C13H27NO2. The summed E-state index contributed by atoms with van der Waals surface area (Å²) in [6.45, 7) is 9.56. The fraction of sp³-hybridized carbons (Fsp3) is 1.00. The van der Waals surface area contributed by atoms with Crippen molar-refractivity contribution in [1.29, 1.82) is 0 Å². The van der Waals surface area contributed by atoms with Crippen LogP contribution < -0.4 is 5.32 Å². The molecule has 3 heteroatoms. The highest BCUT2D eigenvalue weighted by Gasteiger charge is 2.34. The highest BCUT2D eigenvalue weighted by Crippen LogP contribution is 2.31. The summed E-state index contributed by atoms with van der Waals surface area (Å²) in [5.74, 6) is 0. The zero-order valence-corrected chi connectivity index (χ0v) is 11.2. The second kappa shape index (κ2) is 5.48. The highest BCUT2D eigenvalue weighted by molar-refractivity contribution is 4.89. The quantitative estimate of drug-likeness (QED) is 0.758. The van der Waals surface area contributed by atoms with Gasteiger partial charge in [-0.25, -0.2) is 0 Å². The summed E-state index contributed by atoms with van der Waals surface area (Å²) in [6, 6.07) is 0.486. The molecule has 0 aromatic carbocycles. The third-order valence-corrected chi connectivity index (χ3v) is 3.60. The first kappa shape index (κ1) is 13.9. The standard InChI is InChI=1S/C13H27NO2/c1-5-13(6-2)9-11(7-8-16-13)14-10-12(3,4)15/h11,14-15H,5-10H2,1-4H3. The minimum absolute atomic E-state index is 0.0650. The molecule has 16 heavy (non-hydrogen) atoms. The smallest absolute Gasteiger partial charge is 0.0715 e. The first-order valence-corrected chi connectivity index (χ1v) is 6.50.